The predicted molar refractivity (Wildman–Crippen MR) is 113 cm³/mol. The van der Waals surface area contributed by atoms with Crippen LogP contribution in [0.4, 0.5) is 0 Å². The first-order chi connectivity index (χ1) is 14.6. The molecule has 4 heterocycles. The smallest absolute Gasteiger partial charge is 0.291 e. The fourth-order valence-electron chi connectivity index (χ4n) is 4.50. The number of aryl methyl sites for hydroxylation is 1. The lowest BCUT2D eigenvalue weighted by molar-refractivity contribution is -0.133. The molecule has 1 aliphatic rings. The molecular formula is C23H24N4O3. The van der Waals surface area contributed by atoms with Crippen LogP contribution in [0.3, 0.4) is 0 Å². The quantitative estimate of drug-likeness (QED) is 0.524. The fraction of sp³-hybridized carbons (Fsp3) is 0.348. The number of piperidine rings is 1. The molecule has 0 bridgehead atoms. The van der Waals surface area contributed by atoms with Crippen molar-refractivity contribution in [2.45, 2.75) is 32.7 Å². The van der Waals surface area contributed by atoms with Crippen molar-refractivity contribution >= 4 is 22.5 Å². The lowest BCUT2D eigenvalue weighted by Crippen LogP contribution is -2.42. The molecule has 1 fully saturated rings. The van der Waals surface area contributed by atoms with E-state index in [9.17, 15) is 9.59 Å². The van der Waals surface area contributed by atoms with Gasteiger partial charge in [-0.3, -0.25) is 14.0 Å². The topological polar surface area (TPSA) is 72.8 Å². The zero-order chi connectivity index (χ0) is 20.7. The maximum Gasteiger partial charge on any atom is 0.291 e. The van der Waals surface area contributed by atoms with Gasteiger partial charge < -0.3 is 9.32 Å². The minimum Gasteiger partial charge on any atom is -0.463 e. The van der Waals surface area contributed by atoms with E-state index in [-0.39, 0.29) is 18.0 Å². The first-order valence-corrected chi connectivity index (χ1v) is 10.4. The highest BCUT2D eigenvalue weighted by molar-refractivity contribution is 5.82. The summed E-state index contributed by atoms with van der Waals surface area (Å²) >= 11 is 0. The van der Waals surface area contributed by atoms with E-state index >= 15 is 0 Å². The lowest BCUT2D eigenvalue weighted by atomic mass is 9.90. The number of nitrogens with zero attached hydrogens (tertiary/aromatic N) is 4. The van der Waals surface area contributed by atoms with Crippen molar-refractivity contribution in [2.24, 2.45) is 5.92 Å². The average Bonchev–Trinajstić information content (AvgIpc) is 3.34. The van der Waals surface area contributed by atoms with Gasteiger partial charge in [0.25, 0.3) is 5.56 Å². The van der Waals surface area contributed by atoms with Gasteiger partial charge in [-0.1, -0.05) is 30.3 Å². The molecule has 0 unspecified atom stereocenters. The van der Waals surface area contributed by atoms with Crippen molar-refractivity contribution in [3.8, 4) is 0 Å². The van der Waals surface area contributed by atoms with Gasteiger partial charge in [-0.2, -0.15) is 5.10 Å². The zero-order valence-corrected chi connectivity index (χ0v) is 17.0. The van der Waals surface area contributed by atoms with Crippen LogP contribution in [0.25, 0.3) is 16.6 Å². The number of carbonyl (C=O) groups is 1. The summed E-state index contributed by atoms with van der Waals surface area (Å²) in [7, 11) is 0. The Morgan fingerprint density at radius 1 is 1.13 bits per heavy atom. The van der Waals surface area contributed by atoms with E-state index in [2.05, 4.69) is 29.4 Å². The van der Waals surface area contributed by atoms with Gasteiger partial charge >= 0.3 is 0 Å². The van der Waals surface area contributed by atoms with Gasteiger partial charge in [-0.15, -0.1) is 0 Å². The standard InChI is InChI=1S/C23H24N4O3/c1-16-24-26(23(29)20-14-21-19(27(16)20)9-12-30-21)15-22(28)25-10-7-18(8-11-25)13-17-5-3-2-4-6-17/h2-6,9,12,14,18H,7-8,10-11,13,15H2,1H3. The summed E-state index contributed by atoms with van der Waals surface area (Å²) in [4.78, 5) is 27.6. The molecular weight excluding hydrogens is 380 g/mol. The van der Waals surface area contributed by atoms with Gasteiger partial charge in [0.05, 0.1) is 11.8 Å². The Bertz CT molecular complexity index is 1260. The number of fused-ring (bicyclic) bond motifs is 3. The Balaban J connectivity index is 1.28. The zero-order valence-electron chi connectivity index (χ0n) is 17.0. The van der Waals surface area contributed by atoms with Crippen LogP contribution < -0.4 is 5.56 Å². The highest BCUT2D eigenvalue weighted by atomic mass is 16.3. The second-order valence-corrected chi connectivity index (χ2v) is 8.06. The summed E-state index contributed by atoms with van der Waals surface area (Å²) in [6, 6.07) is 14.0. The number of carbonyl (C=O) groups excluding carboxylic acids is 1. The highest BCUT2D eigenvalue weighted by Crippen LogP contribution is 2.22. The summed E-state index contributed by atoms with van der Waals surface area (Å²) in [5.41, 5.74) is 3.00. The van der Waals surface area contributed by atoms with E-state index in [0.29, 0.717) is 22.8 Å². The number of hydrogen-bond donors (Lipinski definition) is 0. The molecule has 154 valence electrons. The van der Waals surface area contributed by atoms with Crippen molar-refractivity contribution in [2.75, 3.05) is 13.1 Å². The third-order valence-corrected chi connectivity index (χ3v) is 6.09. The fourth-order valence-corrected chi connectivity index (χ4v) is 4.50. The molecule has 0 atom stereocenters. The molecule has 1 aromatic carbocycles. The largest absolute Gasteiger partial charge is 0.463 e. The van der Waals surface area contributed by atoms with Crippen LogP contribution >= 0.6 is 0 Å². The van der Waals surface area contributed by atoms with Gasteiger partial charge in [0.1, 0.15) is 17.9 Å². The van der Waals surface area contributed by atoms with Crippen LogP contribution in [0.5, 0.6) is 0 Å². The van der Waals surface area contributed by atoms with Crippen LogP contribution in [-0.2, 0) is 17.8 Å². The summed E-state index contributed by atoms with van der Waals surface area (Å²) in [6.07, 6.45) is 4.61. The Labute approximate surface area is 173 Å². The lowest BCUT2D eigenvalue weighted by Gasteiger charge is -2.32. The monoisotopic (exact) mass is 404 g/mol. The third kappa shape index (κ3) is 3.30. The number of furan rings is 1. The number of rotatable bonds is 4. The van der Waals surface area contributed by atoms with Gasteiger partial charge in [0.15, 0.2) is 5.58 Å². The Kier molecular flexibility index (Phi) is 4.65. The summed E-state index contributed by atoms with van der Waals surface area (Å²) in [5.74, 6) is 1.18. The maximum absolute atomic E-state index is 12.9. The molecule has 5 rings (SSSR count). The molecule has 0 radical (unpaired) electrons. The van der Waals surface area contributed by atoms with Crippen LogP contribution in [-0.4, -0.2) is 38.1 Å². The first-order valence-electron chi connectivity index (χ1n) is 10.4. The molecule has 0 N–H and O–H groups in total. The molecule has 0 spiro atoms. The number of likely N-dealkylation sites (tertiary alicyclic amines) is 1. The maximum atomic E-state index is 12.9. The van der Waals surface area contributed by atoms with E-state index in [1.54, 1.807) is 16.7 Å². The van der Waals surface area contributed by atoms with Gasteiger partial charge in [-0.05, 0) is 37.7 Å². The van der Waals surface area contributed by atoms with Crippen LogP contribution in [0, 0.1) is 12.8 Å². The van der Waals surface area contributed by atoms with Crippen molar-refractivity contribution < 1.29 is 9.21 Å². The van der Waals surface area contributed by atoms with Crippen molar-refractivity contribution in [1.29, 1.82) is 0 Å². The Morgan fingerprint density at radius 3 is 2.67 bits per heavy atom. The molecule has 0 aliphatic carbocycles. The summed E-state index contributed by atoms with van der Waals surface area (Å²) in [6.45, 7) is 3.25. The van der Waals surface area contributed by atoms with Gasteiger partial charge in [0.2, 0.25) is 5.91 Å². The van der Waals surface area contributed by atoms with Crippen LogP contribution in [0.15, 0.2) is 57.9 Å². The molecule has 4 aromatic rings. The molecule has 3 aromatic heterocycles. The summed E-state index contributed by atoms with van der Waals surface area (Å²) in [5, 5.41) is 4.39. The SMILES string of the molecule is Cc1nn(CC(=O)N2CCC(Cc3ccccc3)CC2)c(=O)c2cc3occc3n12. The van der Waals surface area contributed by atoms with E-state index in [4.69, 9.17) is 4.42 Å². The van der Waals surface area contributed by atoms with Gasteiger partial charge in [-0.25, -0.2) is 4.68 Å². The summed E-state index contributed by atoms with van der Waals surface area (Å²) < 4.78 is 8.46. The van der Waals surface area contributed by atoms with Crippen LogP contribution in [0.2, 0.25) is 0 Å². The molecule has 1 amide bonds. The van der Waals surface area contributed by atoms with Gasteiger partial charge in [0, 0.05) is 25.2 Å². The van der Waals surface area contributed by atoms with Crippen molar-refractivity contribution in [3.05, 3.63) is 70.5 Å². The predicted octanol–water partition coefficient (Wildman–Crippen LogP) is 3.03. The Hall–Kier alpha value is -3.35. The third-order valence-electron chi connectivity index (χ3n) is 6.09. The van der Waals surface area contributed by atoms with E-state index in [0.717, 1.165) is 37.9 Å². The van der Waals surface area contributed by atoms with Crippen molar-refractivity contribution in [3.63, 3.8) is 0 Å². The highest BCUT2D eigenvalue weighted by Gasteiger charge is 2.24. The average molecular weight is 404 g/mol. The normalized spacial score (nSPS) is 15.3. The van der Waals surface area contributed by atoms with E-state index < -0.39 is 0 Å². The molecule has 7 nitrogen and oxygen atoms in total. The van der Waals surface area contributed by atoms with E-state index in [1.165, 1.54) is 10.2 Å². The Morgan fingerprint density at radius 2 is 1.90 bits per heavy atom. The second-order valence-electron chi connectivity index (χ2n) is 8.06. The first kappa shape index (κ1) is 18.7. The number of hydrogen-bond acceptors (Lipinski definition) is 4. The molecule has 1 saturated heterocycles. The second kappa shape index (κ2) is 7.48. The van der Waals surface area contributed by atoms with Crippen molar-refractivity contribution in [1.82, 2.24) is 19.1 Å². The minimum absolute atomic E-state index is 0.0356. The number of benzene rings is 1. The number of amides is 1. The minimum atomic E-state index is -0.278. The van der Waals surface area contributed by atoms with Crippen LogP contribution in [0.1, 0.15) is 24.2 Å². The molecule has 0 saturated carbocycles. The molecule has 30 heavy (non-hydrogen) atoms. The number of aromatic nitrogens is 3. The molecule has 1 aliphatic heterocycles. The van der Waals surface area contributed by atoms with E-state index in [1.807, 2.05) is 24.0 Å². The molecule has 7 heteroatoms.